The van der Waals surface area contributed by atoms with E-state index in [0.717, 1.165) is 29.2 Å². The molecular weight excluding hydrogens is 294 g/mol. The van der Waals surface area contributed by atoms with E-state index in [0.29, 0.717) is 18.6 Å². The Balaban J connectivity index is 1.69. The monoisotopic (exact) mass is 313 g/mol. The lowest BCUT2D eigenvalue weighted by Gasteiger charge is -2.26. The van der Waals surface area contributed by atoms with Crippen LogP contribution >= 0.6 is 0 Å². The van der Waals surface area contributed by atoms with Gasteiger partial charge in [0.15, 0.2) is 11.5 Å². The van der Waals surface area contributed by atoms with Crippen molar-refractivity contribution in [3.05, 3.63) is 53.6 Å². The van der Waals surface area contributed by atoms with Gasteiger partial charge in [0.25, 0.3) is 0 Å². The van der Waals surface area contributed by atoms with Crippen LogP contribution in [-0.4, -0.2) is 25.7 Å². The third-order valence-electron chi connectivity index (χ3n) is 3.87. The van der Waals surface area contributed by atoms with E-state index in [1.54, 1.807) is 25.3 Å². The summed E-state index contributed by atoms with van der Waals surface area (Å²) in [6, 6.07) is 12.8. The first-order chi connectivity index (χ1) is 11.2. The van der Waals surface area contributed by atoms with Crippen LogP contribution in [0.25, 0.3) is 0 Å². The van der Waals surface area contributed by atoms with E-state index < -0.39 is 5.91 Å². The van der Waals surface area contributed by atoms with Gasteiger partial charge in [0.1, 0.15) is 18.5 Å². The second kappa shape index (κ2) is 6.60. The Morgan fingerprint density at radius 2 is 2.04 bits per heavy atom. The Morgan fingerprint density at radius 1 is 1.26 bits per heavy atom. The molecule has 1 aliphatic rings. The van der Waals surface area contributed by atoms with Crippen LogP contribution in [0.4, 0.5) is 0 Å². The molecule has 0 saturated heterocycles. The van der Waals surface area contributed by atoms with Gasteiger partial charge in [-0.2, -0.15) is 0 Å². The van der Waals surface area contributed by atoms with E-state index in [1.807, 2.05) is 24.3 Å². The number of hydrogen-bond acceptors (Lipinski definition) is 4. The van der Waals surface area contributed by atoms with Crippen molar-refractivity contribution in [2.24, 2.45) is 5.73 Å². The fourth-order valence-electron chi connectivity index (χ4n) is 2.65. The molecule has 5 nitrogen and oxygen atoms in total. The molecule has 1 aliphatic heterocycles. The molecule has 0 fully saturated rings. The molecule has 0 saturated carbocycles. The number of primary amides is 1. The largest absolute Gasteiger partial charge is 0.496 e. The molecule has 2 N–H and O–H groups in total. The van der Waals surface area contributed by atoms with Crippen molar-refractivity contribution < 1.29 is 19.0 Å². The summed E-state index contributed by atoms with van der Waals surface area (Å²) in [4.78, 5) is 11.3. The summed E-state index contributed by atoms with van der Waals surface area (Å²) in [5.74, 6) is 1.84. The highest BCUT2D eigenvalue weighted by Gasteiger charge is 2.21. The number of para-hydroxylation sites is 2. The SMILES string of the molecule is COc1ccc(C(N)=O)cc1CC[C@H]1COc2ccccc2O1. The highest BCUT2D eigenvalue weighted by molar-refractivity contribution is 5.93. The van der Waals surface area contributed by atoms with Gasteiger partial charge in [-0.3, -0.25) is 4.79 Å². The zero-order valence-electron chi connectivity index (χ0n) is 13.0. The molecule has 2 aromatic rings. The van der Waals surface area contributed by atoms with Crippen LogP contribution in [0.2, 0.25) is 0 Å². The number of hydrogen-bond donors (Lipinski definition) is 1. The predicted molar refractivity (Wildman–Crippen MR) is 86.2 cm³/mol. The molecule has 1 heterocycles. The summed E-state index contributed by atoms with van der Waals surface area (Å²) >= 11 is 0. The molecule has 120 valence electrons. The van der Waals surface area contributed by atoms with Crippen LogP contribution in [0.3, 0.4) is 0 Å². The molecular formula is C18H19NO4. The molecule has 2 aromatic carbocycles. The van der Waals surface area contributed by atoms with Crippen LogP contribution in [0.5, 0.6) is 17.2 Å². The van der Waals surface area contributed by atoms with Crippen molar-refractivity contribution in [3.8, 4) is 17.2 Å². The van der Waals surface area contributed by atoms with Crippen molar-refractivity contribution in [2.45, 2.75) is 18.9 Å². The Bertz CT molecular complexity index is 714. The number of amides is 1. The van der Waals surface area contributed by atoms with Crippen molar-refractivity contribution in [2.75, 3.05) is 13.7 Å². The van der Waals surface area contributed by atoms with Gasteiger partial charge >= 0.3 is 0 Å². The lowest BCUT2D eigenvalue weighted by Crippen LogP contribution is -2.29. The van der Waals surface area contributed by atoms with E-state index in [2.05, 4.69) is 0 Å². The number of benzene rings is 2. The lowest BCUT2D eigenvalue weighted by atomic mass is 10.0. The first-order valence-electron chi connectivity index (χ1n) is 7.52. The van der Waals surface area contributed by atoms with Gasteiger partial charge < -0.3 is 19.9 Å². The number of fused-ring (bicyclic) bond motifs is 1. The minimum absolute atomic E-state index is 0.0353. The second-order valence-electron chi connectivity index (χ2n) is 5.43. The smallest absolute Gasteiger partial charge is 0.248 e. The van der Waals surface area contributed by atoms with Gasteiger partial charge in [-0.05, 0) is 48.7 Å². The number of aryl methyl sites for hydroxylation is 1. The molecule has 5 heteroatoms. The quantitative estimate of drug-likeness (QED) is 0.921. The van der Waals surface area contributed by atoms with E-state index in [9.17, 15) is 4.79 Å². The minimum atomic E-state index is -0.444. The standard InChI is InChI=1S/C18H19NO4/c1-21-15-9-7-13(18(19)20)10-12(15)6-8-14-11-22-16-4-2-3-5-17(16)23-14/h2-5,7,9-10,14H,6,8,11H2,1H3,(H2,19,20)/t14-/m0/s1. The Morgan fingerprint density at radius 3 is 2.78 bits per heavy atom. The Kier molecular flexibility index (Phi) is 4.37. The fourth-order valence-corrected chi connectivity index (χ4v) is 2.65. The maximum absolute atomic E-state index is 11.3. The highest BCUT2D eigenvalue weighted by Crippen LogP contribution is 2.32. The van der Waals surface area contributed by atoms with E-state index in [-0.39, 0.29) is 6.10 Å². The first-order valence-corrected chi connectivity index (χ1v) is 7.52. The second-order valence-corrected chi connectivity index (χ2v) is 5.43. The zero-order chi connectivity index (χ0) is 16.2. The number of rotatable bonds is 5. The fraction of sp³-hybridized carbons (Fsp3) is 0.278. The first kappa shape index (κ1) is 15.2. The molecule has 0 spiro atoms. The highest BCUT2D eigenvalue weighted by atomic mass is 16.6. The summed E-state index contributed by atoms with van der Waals surface area (Å²) in [6.07, 6.45) is 1.43. The number of ether oxygens (including phenoxy) is 3. The summed E-state index contributed by atoms with van der Waals surface area (Å²) in [7, 11) is 1.61. The molecule has 3 rings (SSSR count). The molecule has 23 heavy (non-hydrogen) atoms. The van der Waals surface area contributed by atoms with E-state index in [1.165, 1.54) is 0 Å². The molecule has 0 radical (unpaired) electrons. The van der Waals surface area contributed by atoms with Crippen LogP contribution < -0.4 is 19.9 Å². The molecule has 0 aromatic heterocycles. The van der Waals surface area contributed by atoms with Gasteiger partial charge in [0.2, 0.25) is 5.91 Å². The predicted octanol–water partition coefficient (Wildman–Crippen LogP) is 2.57. The van der Waals surface area contributed by atoms with Crippen LogP contribution in [-0.2, 0) is 6.42 Å². The van der Waals surface area contributed by atoms with Gasteiger partial charge in [-0.1, -0.05) is 12.1 Å². The summed E-state index contributed by atoms with van der Waals surface area (Å²) in [5.41, 5.74) is 6.76. The third kappa shape index (κ3) is 3.39. The lowest BCUT2D eigenvalue weighted by molar-refractivity contribution is 0.0850. The average Bonchev–Trinajstić information content (AvgIpc) is 2.59. The number of methoxy groups -OCH3 is 1. The van der Waals surface area contributed by atoms with Gasteiger partial charge in [-0.25, -0.2) is 0 Å². The average molecular weight is 313 g/mol. The Labute approximate surface area is 135 Å². The topological polar surface area (TPSA) is 70.8 Å². The normalized spacial score (nSPS) is 16.0. The van der Waals surface area contributed by atoms with E-state index in [4.69, 9.17) is 19.9 Å². The molecule has 0 bridgehead atoms. The molecule has 0 aliphatic carbocycles. The van der Waals surface area contributed by atoms with Crippen molar-refractivity contribution in [3.63, 3.8) is 0 Å². The van der Waals surface area contributed by atoms with Crippen LogP contribution in [0.1, 0.15) is 22.3 Å². The maximum Gasteiger partial charge on any atom is 0.248 e. The van der Waals surface area contributed by atoms with Gasteiger partial charge in [0, 0.05) is 5.56 Å². The Hall–Kier alpha value is -2.69. The molecule has 1 atom stereocenters. The summed E-state index contributed by atoms with van der Waals surface area (Å²) in [5, 5.41) is 0. The van der Waals surface area contributed by atoms with Crippen LogP contribution in [0, 0.1) is 0 Å². The minimum Gasteiger partial charge on any atom is -0.496 e. The number of carbonyl (C=O) groups is 1. The van der Waals surface area contributed by atoms with Crippen LogP contribution in [0.15, 0.2) is 42.5 Å². The number of carbonyl (C=O) groups excluding carboxylic acids is 1. The molecule has 0 unspecified atom stereocenters. The molecule has 1 amide bonds. The van der Waals surface area contributed by atoms with Crippen molar-refractivity contribution in [1.82, 2.24) is 0 Å². The van der Waals surface area contributed by atoms with E-state index >= 15 is 0 Å². The summed E-state index contributed by atoms with van der Waals surface area (Å²) < 4.78 is 17.0. The zero-order valence-corrected chi connectivity index (χ0v) is 13.0. The van der Waals surface area contributed by atoms with Crippen molar-refractivity contribution >= 4 is 5.91 Å². The number of nitrogens with two attached hydrogens (primary N) is 1. The summed E-state index contributed by atoms with van der Waals surface area (Å²) in [6.45, 7) is 0.509. The van der Waals surface area contributed by atoms with Gasteiger partial charge in [-0.15, -0.1) is 0 Å². The van der Waals surface area contributed by atoms with Gasteiger partial charge in [0.05, 0.1) is 7.11 Å². The van der Waals surface area contributed by atoms with Crippen molar-refractivity contribution in [1.29, 1.82) is 0 Å². The third-order valence-corrected chi connectivity index (χ3v) is 3.87. The maximum atomic E-state index is 11.3.